The van der Waals surface area contributed by atoms with Crippen LogP contribution in [0, 0.1) is 0 Å². The molecule has 2 amide bonds. The van der Waals surface area contributed by atoms with Crippen molar-refractivity contribution < 1.29 is 4.79 Å². The molecule has 0 saturated carbocycles. The first-order valence-corrected chi connectivity index (χ1v) is 6.31. The lowest BCUT2D eigenvalue weighted by atomic mass is 10.0. The number of hydrogen-bond donors (Lipinski definition) is 0. The Morgan fingerprint density at radius 3 is 2.50 bits per heavy atom. The van der Waals surface area contributed by atoms with E-state index in [0.717, 1.165) is 19.6 Å². The Morgan fingerprint density at radius 1 is 1.22 bits per heavy atom. The Balaban J connectivity index is 2.13. The molecule has 1 saturated heterocycles. The zero-order chi connectivity index (χ0) is 13.1. The van der Waals surface area contributed by atoms with Gasteiger partial charge in [0.1, 0.15) is 0 Å². The normalized spacial score (nSPS) is 20.8. The second kappa shape index (κ2) is 5.40. The fraction of sp³-hybridized carbons (Fsp3) is 0.500. The van der Waals surface area contributed by atoms with Crippen LogP contribution in [-0.4, -0.2) is 61.5 Å². The number of piperazine rings is 1. The Kier molecular flexibility index (Phi) is 3.87. The minimum Gasteiger partial charge on any atom is -0.331 e. The zero-order valence-electron chi connectivity index (χ0n) is 11.3. The van der Waals surface area contributed by atoms with Gasteiger partial charge in [-0.15, -0.1) is 0 Å². The largest absolute Gasteiger partial charge is 0.331 e. The summed E-state index contributed by atoms with van der Waals surface area (Å²) in [7, 11) is 5.73. The second-order valence-corrected chi connectivity index (χ2v) is 5.03. The van der Waals surface area contributed by atoms with Gasteiger partial charge in [-0.1, -0.05) is 30.3 Å². The van der Waals surface area contributed by atoms with Gasteiger partial charge in [0, 0.05) is 33.7 Å². The Labute approximate surface area is 109 Å². The molecule has 1 aromatic carbocycles. The number of carbonyl (C=O) groups is 1. The summed E-state index contributed by atoms with van der Waals surface area (Å²) in [5, 5.41) is 0. The van der Waals surface area contributed by atoms with Crippen molar-refractivity contribution in [1.82, 2.24) is 14.7 Å². The molecule has 1 heterocycles. The van der Waals surface area contributed by atoms with E-state index < -0.39 is 0 Å². The fourth-order valence-corrected chi connectivity index (χ4v) is 2.37. The zero-order valence-corrected chi connectivity index (χ0v) is 11.3. The molecular formula is C14H21N3O. The summed E-state index contributed by atoms with van der Waals surface area (Å²) >= 11 is 0. The van der Waals surface area contributed by atoms with Gasteiger partial charge in [0.05, 0.1) is 6.04 Å². The highest BCUT2D eigenvalue weighted by Crippen LogP contribution is 2.24. The number of urea groups is 1. The lowest BCUT2D eigenvalue weighted by Crippen LogP contribution is -2.51. The monoisotopic (exact) mass is 247 g/mol. The van der Waals surface area contributed by atoms with Crippen LogP contribution in [0.25, 0.3) is 0 Å². The Bertz CT molecular complexity index is 405. The maximum atomic E-state index is 12.0. The van der Waals surface area contributed by atoms with Gasteiger partial charge in [0.15, 0.2) is 0 Å². The van der Waals surface area contributed by atoms with Gasteiger partial charge >= 0.3 is 6.03 Å². The summed E-state index contributed by atoms with van der Waals surface area (Å²) < 4.78 is 0. The molecule has 4 nitrogen and oxygen atoms in total. The maximum absolute atomic E-state index is 12.0. The molecule has 1 atom stereocenters. The van der Waals surface area contributed by atoms with Gasteiger partial charge in [0.25, 0.3) is 0 Å². The van der Waals surface area contributed by atoms with Crippen molar-refractivity contribution in [2.75, 3.05) is 40.8 Å². The molecule has 1 aromatic rings. The highest BCUT2D eigenvalue weighted by Gasteiger charge is 2.28. The number of likely N-dealkylation sites (N-methyl/N-ethyl adjacent to an activating group) is 1. The van der Waals surface area contributed by atoms with E-state index >= 15 is 0 Å². The van der Waals surface area contributed by atoms with Crippen molar-refractivity contribution in [1.29, 1.82) is 0 Å². The van der Waals surface area contributed by atoms with E-state index in [-0.39, 0.29) is 6.03 Å². The topological polar surface area (TPSA) is 26.8 Å². The third kappa shape index (κ3) is 2.64. The van der Waals surface area contributed by atoms with Crippen molar-refractivity contribution in [2.45, 2.75) is 6.04 Å². The first-order valence-electron chi connectivity index (χ1n) is 6.31. The molecule has 0 spiro atoms. The van der Waals surface area contributed by atoms with Crippen molar-refractivity contribution in [3.8, 4) is 0 Å². The van der Waals surface area contributed by atoms with E-state index in [1.807, 2.05) is 11.0 Å². The molecule has 98 valence electrons. The lowest BCUT2D eigenvalue weighted by Gasteiger charge is -2.40. The average molecular weight is 247 g/mol. The maximum Gasteiger partial charge on any atom is 0.319 e. The van der Waals surface area contributed by atoms with Gasteiger partial charge in [0.2, 0.25) is 0 Å². The molecule has 0 aromatic heterocycles. The number of nitrogens with zero attached hydrogens (tertiary/aromatic N) is 3. The summed E-state index contributed by atoms with van der Waals surface area (Å²) in [5.41, 5.74) is 1.27. The molecule has 4 heteroatoms. The summed E-state index contributed by atoms with van der Waals surface area (Å²) in [6, 6.07) is 10.8. The Hall–Kier alpha value is -1.55. The van der Waals surface area contributed by atoms with Crippen LogP contribution in [0.3, 0.4) is 0 Å². The molecule has 2 rings (SSSR count). The molecule has 0 aliphatic carbocycles. The van der Waals surface area contributed by atoms with Crippen LogP contribution in [0.15, 0.2) is 30.3 Å². The highest BCUT2D eigenvalue weighted by molar-refractivity contribution is 5.74. The van der Waals surface area contributed by atoms with E-state index in [0.29, 0.717) is 6.04 Å². The van der Waals surface area contributed by atoms with Crippen LogP contribution in [0.2, 0.25) is 0 Å². The summed E-state index contributed by atoms with van der Waals surface area (Å²) in [5.74, 6) is 0. The molecule has 18 heavy (non-hydrogen) atoms. The summed E-state index contributed by atoms with van der Waals surface area (Å²) in [6.45, 7) is 2.48. The van der Waals surface area contributed by atoms with Crippen LogP contribution < -0.4 is 0 Å². The van der Waals surface area contributed by atoms with Crippen molar-refractivity contribution in [3.05, 3.63) is 35.9 Å². The number of rotatable bonds is 1. The Morgan fingerprint density at radius 2 is 1.89 bits per heavy atom. The lowest BCUT2D eigenvalue weighted by molar-refractivity contribution is 0.0974. The van der Waals surface area contributed by atoms with E-state index in [2.05, 4.69) is 36.2 Å². The molecule has 1 unspecified atom stereocenters. The molecular weight excluding hydrogens is 226 g/mol. The first kappa shape index (κ1) is 12.9. The second-order valence-electron chi connectivity index (χ2n) is 5.03. The molecule has 0 N–H and O–H groups in total. The van der Waals surface area contributed by atoms with Crippen molar-refractivity contribution in [3.63, 3.8) is 0 Å². The number of hydrogen-bond acceptors (Lipinski definition) is 2. The van der Waals surface area contributed by atoms with Gasteiger partial charge < -0.3 is 9.80 Å². The van der Waals surface area contributed by atoms with Crippen molar-refractivity contribution in [2.24, 2.45) is 0 Å². The van der Waals surface area contributed by atoms with Gasteiger partial charge in [-0.2, -0.15) is 0 Å². The molecule has 1 aliphatic heterocycles. The fourth-order valence-electron chi connectivity index (χ4n) is 2.37. The number of amides is 2. The van der Waals surface area contributed by atoms with Crippen molar-refractivity contribution >= 4 is 6.03 Å². The summed E-state index contributed by atoms with van der Waals surface area (Å²) in [6.07, 6.45) is 0. The standard InChI is InChI=1S/C14H21N3O/c1-15(2)14(18)17-10-9-16(3)13(11-17)12-7-5-4-6-8-12/h4-8,13H,9-11H2,1-3H3. The van der Waals surface area contributed by atoms with Gasteiger partial charge in [-0.25, -0.2) is 4.79 Å². The van der Waals surface area contributed by atoms with E-state index in [1.165, 1.54) is 5.56 Å². The third-order valence-electron chi connectivity index (χ3n) is 3.49. The van der Waals surface area contributed by atoms with Crippen LogP contribution in [0.1, 0.15) is 11.6 Å². The SMILES string of the molecule is CN(C)C(=O)N1CCN(C)C(c2ccccc2)C1. The van der Waals surface area contributed by atoms with Gasteiger partial charge in [-0.3, -0.25) is 4.90 Å². The third-order valence-corrected chi connectivity index (χ3v) is 3.49. The first-order chi connectivity index (χ1) is 8.59. The van der Waals surface area contributed by atoms with Crippen LogP contribution >= 0.6 is 0 Å². The van der Waals surface area contributed by atoms with E-state index in [4.69, 9.17) is 0 Å². The smallest absolute Gasteiger partial charge is 0.319 e. The molecule has 0 radical (unpaired) electrons. The molecule has 1 aliphatic rings. The van der Waals surface area contributed by atoms with Crippen LogP contribution in [0.5, 0.6) is 0 Å². The quantitative estimate of drug-likeness (QED) is 0.754. The van der Waals surface area contributed by atoms with E-state index in [9.17, 15) is 4.79 Å². The van der Waals surface area contributed by atoms with Crippen LogP contribution in [-0.2, 0) is 0 Å². The highest BCUT2D eigenvalue weighted by atomic mass is 16.2. The predicted octanol–water partition coefficient (Wildman–Crippen LogP) is 1.66. The van der Waals surface area contributed by atoms with Gasteiger partial charge in [-0.05, 0) is 12.6 Å². The minimum absolute atomic E-state index is 0.101. The number of benzene rings is 1. The summed E-state index contributed by atoms with van der Waals surface area (Å²) in [4.78, 5) is 17.9. The molecule has 0 bridgehead atoms. The number of carbonyl (C=O) groups excluding carboxylic acids is 1. The predicted molar refractivity (Wildman–Crippen MR) is 72.5 cm³/mol. The minimum atomic E-state index is 0.101. The van der Waals surface area contributed by atoms with Crippen LogP contribution in [0.4, 0.5) is 4.79 Å². The van der Waals surface area contributed by atoms with E-state index in [1.54, 1.807) is 19.0 Å². The molecule has 1 fully saturated rings. The average Bonchev–Trinajstić information content (AvgIpc) is 2.39.